The summed E-state index contributed by atoms with van der Waals surface area (Å²) >= 11 is 0. The van der Waals surface area contributed by atoms with Crippen molar-refractivity contribution in [1.82, 2.24) is 15.2 Å². The van der Waals surface area contributed by atoms with Crippen LogP contribution in [0, 0.1) is 5.82 Å². The molecule has 36 heavy (non-hydrogen) atoms. The topological polar surface area (TPSA) is 91.8 Å². The molecule has 8 nitrogen and oxygen atoms in total. The second-order valence-electron chi connectivity index (χ2n) is 9.01. The molecule has 1 saturated heterocycles. The lowest BCUT2D eigenvalue weighted by Crippen LogP contribution is -2.62. The first kappa shape index (κ1) is 23.5. The molecule has 2 aliphatic rings. The van der Waals surface area contributed by atoms with Gasteiger partial charge in [0, 0.05) is 44.3 Å². The fraction of sp³-hybridized carbons (Fsp3) is 0.259. The molecule has 9 heteroatoms. The molecule has 0 saturated carbocycles. The minimum atomic E-state index is -0.787. The third-order valence-corrected chi connectivity index (χ3v) is 6.61. The normalized spacial score (nSPS) is 18.6. The molecular weight excluding hydrogens is 463 g/mol. The van der Waals surface area contributed by atoms with E-state index in [-0.39, 0.29) is 37.2 Å². The van der Waals surface area contributed by atoms with Gasteiger partial charge in [-0.25, -0.2) is 9.37 Å². The number of fused-ring (bicyclic) bond motifs is 3. The molecule has 1 atom stereocenters. The number of benzene rings is 2. The molecule has 1 fully saturated rings. The van der Waals surface area contributed by atoms with Gasteiger partial charge >= 0.3 is 0 Å². The van der Waals surface area contributed by atoms with Crippen molar-refractivity contribution in [2.75, 3.05) is 11.4 Å². The van der Waals surface area contributed by atoms with Crippen molar-refractivity contribution in [3.63, 3.8) is 0 Å². The molecule has 1 N–H and O–H groups in total. The number of hydrogen-bond acceptors (Lipinski definition) is 5. The lowest BCUT2D eigenvalue weighted by molar-refractivity contribution is -0.121. The maximum absolute atomic E-state index is 13.3. The first-order valence-corrected chi connectivity index (χ1v) is 11.7. The maximum atomic E-state index is 13.3. The number of nitrogens with one attached hydrogen (secondary N) is 1. The molecule has 3 heterocycles. The summed E-state index contributed by atoms with van der Waals surface area (Å²) in [5.74, 6) is -0.169. The molecule has 1 aromatic heterocycles. The summed E-state index contributed by atoms with van der Waals surface area (Å²) in [5.41, 5.74) is 1.07. The Labute approximate surface area is 207 Å². The van der Waals surface area contributed by atoms with Gasteiger partial charge in [-0.05, 0) is 43.2 Å². The Bertz CT molecular complexity index is 1330. The van der Waals surface area contributed by atoms with Crippen LogP contribution in [0.5, 0.6) is 11.6 Å². The Hall–Kier alpha value is -4.27. The number of carbonyl (C=O) groups excluding carboxylic acids is 3. The number of hydrogen-bond donors (Lipinski definition) is 1. The summed E-state index contributed by atoms with van der Waals surface area (Å²) < 4.78 is 18.8. The van der Waals surface area contributed by atoms with Crippen LogP contribution in [0.25, 0.3) is 0 Å². The SMILES string of the molecule is CC12CCC(=O)N1c1ccccc1C(=O)N2CCC(=O)NCc1ccc(Oc2cccc(F)c2)nc1. The van der Waals surface area contributed by atoms with Crippen molar-refractivity contribution in [2.45, 2.75) is 38.4 Å². The van der Waals surface area contributed by atoms with E-state index in [0.717, 1.165) is 5.56 Å². The summed E-state index contributed by atoms with van der Waals surface area (Å²) in [6.45, 7) is 2.32. The molecular formula is C27H25FN4O4. The van der Waals surface area contributed by atoms with Crippen LogP contribution in [0.15, 0.2) is 66.9 Å². The van der Waals surface area contributed by atoms with Gasteiger partial charge in [-0.3, -0.25) is 19.3 Å². The zero-order valence-electron chi connectivity index (χ0n) is 19.7. The highest BCUT2D eigenvalue weighted by atomic mass is 19.1. The van der Waals surface area contributed by atoms with E-state index in [1.165, 1.54) is 12.1 Å². The number of aromatic nitrogens is 1. The predicted molar refractivity (Wildman–Crippen MR) is 130 cm³/mol. The number of pyridine rings is 1. The molecule has 5 rings (SSSR count). The van der Waals surface area contributed by atoms with E-state index in [1.807, 2.05) is 13.0 Å². The van der Waals surface area contributed by atoms with E-state index in [9.17, 15) is 18.8 Å². The van der Waals surface area contributed by atoms with Crippen molar-refractivity contribution in [2.24, 2.45) is 0 Å². The average Bonchev–Trinajstić information content (AvgIpc) is 3.18. The number of nitrogens with zero attached hydrogens (tertiary/aromatic N) is 3. The standard InChI is InChI=1S/C27H25FN4O4/c1-27-13-11-25(34)32(27)22-8-3-2-7-21(22)26(35)31(27)14-12-23(33)29-16-18-9-10-24(30-17-18)36-20-6-4-5-19(28)15-20/h2-10,15,17H,11-14,16H2,1H3,(H,29,33). The number of ether oxygens (including phenoxy) is 1. The zero-order valence-corrected chi connectivity index (χ0v) is 19.7. The predicted octanol–water partition coefficient (Wildman–Crippen LogP) is 4.02. The Kier molecular flexibility index (Phi) is 6.13. The summed E-state index contributed by atoms with van der Waals surface area (Å²) in [6, 6.07) is 16.3. The third-order valence-electron chi connectivity index (χ3n) is 6.61. The lowest BCUT2D eigenvalue weighted by Gasteiger charge is -2.48. The van der Waals surface area contributed by atoms with E-state index >= 15 is 0 Å². The van der Waals surface area contributed by atoms with E-state index in [4.69, 9.17) is 4.74 Å². The van der Waals surface area contributed by atoms with Crippen LogP contribution in [-0.4, -0.2) is 39.8 Å². The largest absolute Gasteiger partial charge is 0.439 e. The van der Waals surface area contributed by atoms with E-state index in [2.05, 4.69) is 10.3 Å². The Balaban J connectivity index is 1.18. The van der Waals surface area contributed by atoms with Crippen LogP contribution in [0.3, 0.4) is 0 Å². The summed E-state index contributed by atoms with van der Waals surface area (Å²) in [6.07, 6.45) is 2.54. The highest BCUT2D eigenvalue weighted by Crippen LogP contribution is 2.43. The lowest BCUT2D eigenvalue weighted by atomic mass is 9.98. The third kappa shape index (κ3) is 4.39. The first-order chi connectivity index (χ1) is 17.3. The highest BCUT2D eigenvalue weighted by Gasteiger charge is 2.52. The number of rotatable bonds is 7. The van der Waals surface area contributed by atoms with Gasteiger partial charge in [0.2, 0.25) is 17.7 Å². The van der Waals surface area contributed by atoms with Crippen LogP contribution in [0.1, 0.15) is 42.1 Å². The summed E-state index contributed by atoms with van der Waals surface area (Å²) in [7, 11) is 0. The van der Waals surface area contributed by atoms with E-state index < -0.39 is 11.5 Å². The number of anilines is 1. The smallest absolute Gasteiger partial charge is 0.257 e. The van der Waals surface area contributed by atoms with Crippen LogP contribution in [0.4, 0.5) is 10.1 Å². The fourth-order valence-corrected chi connectivity index (χ4v) is 4.77. The van der Waals surface area contributed by atoms with Gasteiger partial charge in [-0.1, -0.05) is 24.3 Å². The Morgan fingerprint density at radius 3 is 2.75 bits per heavy atom. The molecule has 0 bridgehead atoms. The minimum Gasteiger partial charge on any atom is -0.439 e. The molecule has 1 unspecified atom stereocenters. The molecule has 184 valence electrons. The average molecular weight is 489 g/mol. The number of para-hydroxylation sites is 1. The van der Waals surface area contributed by atoms with E-state index in [0.29, 0.717) is 35.7 Å². The van der Waals surface area contributed by atoms with Crippen LogP contribution < -0.4 is 15.0 Å². The molecule has 2 aromatic carbocycles. The maximum Gasteiger partial charge on any atom is 0.257 e. The van der Waals surface area contributed by atoms with Gasteiger partial charge < -0.3 is 15.0 Å². The van der Waals surface area contributed by atoms with Crippen LogP contribution in [-0.2, 0) is 16.1 Å². The van der Waals surface area contributed by atoms with Crippen molar-refractivity contribution in [3.05, 3.63) is 83.8 Å². The Morgan fingerprint density at radius 1 is 1.14 bits per heavy atom. The molecule has 0 radical (unpaired) electrons. The molecule has 0 spiro atoms. The molecule has 2 aliphatic heterocycles. The van der Waals surface area contributed by atoms with Gasteiger partial charge in [-0.15, -0.1) is 0 Å². The van der Waals surface area contributed by atoms with Crippen LogP contribution >= 0.6 is 0 Å². The monoisotopic (exact) mass is 488 g/mol. The first-order valence-electron chi connectivity index (χ1n) is 11.7. The van der Waals surface area contributed by atoms with Gasteiger partial charge in [-0.2, -0.15) is 0 Å². The summed E-state index contributed by atoms with van der Waals surface area (Å²) in [4.78, 5) is 46.0. The quantitative estimate of drug-likeness (QED) is 0.543. The number of halogens is 1. The Morgan fingerprint density at radius 2 is 1.97 bits per heavy atom. The molecule has 3 aromatic rings. The van der Waals surface area contributed by atoms with Gasteiger partial charge in [0.25, 0.3) is 5.91 Å². The van der Waals surface area contributed by atoms with Crippen molar-refractivity contribution in [1.29, 1.82) is 0 Å². The second-order valence-corrected chi connectivity index (χ2v) is 9.01. The summed E-state index contributed by atoms with van der Waals surface area (Å²) in [5, 5.41) is 2.84. The van der Waals surface area contributed by atoms with Crippen LogP contribution in [0.2, 0.25) is 0 Å². The van der Waals surface area contributed by atoms with Gasteiger partial charge in [0.15, 0.2) is 0 Å². The zero-order chi connectivity index (χ0) is 25.3. The van der Waals surface area contributed by atoms with Crippen molar-refractivity contribution < 1.29 is 23.5 Å². The van der Waals surface area contributed by atoms with Gasteiger partial charge in [0.1, 0.15) is 17.2 Å². The minimum absolute atomic E-state index is 0.0239. The van der Waals surface area contributed by atoms with Gasteiger partial charge in [0.05, 0.1) is 11.3 Å². The van der Waals surface area contributed by atoms with Crippen molar-refractivity contribution >= 4 is 23.4 Å². The number of amides is 3. The second kappa shape index (κ2) is 9.41. The molecule has 0 aliphatic carbocycles. The molecule has 3 amide bonds. The van der Waals surface area contributed by atoms with E-state index in [1.54, 1.807) is 58.5 Å². The highest BCUT2D eigenvalue weighted by molar-refractivity contribution is 6.10. The van der Waals surface area contributed by atoms with Crippen molar-refractivity contribution in [3.8, 4) is 11.6 Å². The number of carbonyl (C=O) groups is 3. The fourth-order valence-electron chi connectivity index (χ4n) is 4.77.